The van der Waals surface area contributed by atoms with Crippen molar-refractivity contribution < 1.29 is 18.3 Å². The molecule has 7 heteroatoms. The maximum atomic E-state index is 12.6. The molecule has 88 valence electrons. The van der Waals surface area contributed by atoms with Crippen LogP contribution in [0.2, 0.25) is 0 Å². The Labute approximate surface area is 97.7 Å². The molecule has 1 aromatic rings. The maximum absolute atomic E-state index is 12.6. The Morgan fingerprint density at radius 3 is 2.75 bits per heavy atom. The monoisotopic (exact) mass is 295 g/mol. The predicted molar refractivity (Wildman–Crippen MR) is 55.7 cm³/mol. The highest BCUT2D eigenvalue weighted by atomic mass is 79.9. The molecule has 0 fully saturated rings. The van der Waals surface area contributed by atoms with Crippen LogP contribution in [0.5, 0.6) is 0 Å². The molecular formula is C9H8BrF2NO3. The van der Waals surface area contributed by atoms with Gasteiger partial charge in [0.2, 0.25) is 0 Å². The van der Waals surface area contributed by atoms with Crippen LogP contribution in [0.1, 0.15) is 29.4 Å². The molecule has 0 atom stereocenters. The average molecular weight is 296 g/mol. The van der Waals surface area contributed by atoms with Crippen LogP contribution in [0.15, 0.2) is 15.5 Å². The summed E-state index contributed by atoms with van der Waals surface area (Å²) >= 11 is 2.86. The van der Waals surface area contributed by atoms with Crippen molar-refractivity contribution in [2.75, 3.05) is 6.61 Å². The largest absolute Gasteiger partial charge is 0.462 e. The summed E-state index contributed by atoms with van der Waals surface area (Å²) in [6.07, 6.45) is -2.95. The Bertz CT molecular complexity index is 459. The van der Waals surface area contributed by atoms with Gasteiger partial charge >= 0.3 is 5.97 Å². The van der Waals surface area contributed by atoms with E-state index in [1.807, 2.05) is 0 Å². The normalized spacial score (nSPS) is 10.6. The van der Waals surface area contributed by atoms with Gasteiger partial charge in [-0.3, -0.25) is 4.79 Å². The SMILES string of the molecule is CCOC(=O)c1c(C(F)F)[nH]c(Br)cc1=O. The summed E-state index contributed by atoms with van der Waals surface area (Å²) in [4.78, 5) is 24.9. The van der Waals surface area contributed by atoms with E-state index in [0.717, 1.165) is 6.07 Å². The van der Waals surface area contributed by atoms with Crippen molar-refractivity contribution in [3.05, 3.63) is 32.2 Å². The van der Waals surface area contributed by atoms with Crippen molar-refractivity contribution >= 4 is 21.9 Å². The van der Waals surface area contributed by atoms with Gasteiger partial charge in [0.05, 0.1) is 11.2 Å². The molecule has 0 aliphatic rings. The van der Waals surface area contributed by atoms with E-state index in [0.29, 0.717) is 0 Å². The van der Waals surface area contributed by atoms with Gasteiger partial charge in [0.15, 0.2) is 5.43 Å². The van der Waals surface area contributed by atoms with Crippen molar-refractivity contribution in [3.63, 3.8) is 0 Å². The number of pyridine rings is 1. The molecule has 0 aliphatic heterocycles. The van der Waals surface area contributed by atoms with Crippen molar-refractivity contribution in [2.45, 2.75) is 13.3 Å². The third-order valence-electron chi connectivity index (χ3n) is 1.73. The minimum absolute atomic E-state index is 0.0109. The van der Waals surface area contributed by atoms with Gasteiger partial charge in [-0.05, 0) is 22.9 Å². The molecule has 1 rings (SSSR count). The lowest BCUT2D eigenvalue weighted by molar-refractivity contribution is 0.0511. The molecule has 0 aromatic carbocycles. The molecule has 0 bridgehead atoms. The van der Waals surface area contributed by atoms with Crippen LogP contribution in [0.3, 0.4) is 0 Å². The Morgan fingerprint density at radius 2 is 2.25 bits per heavy atom. The summed E-state index contributed by atoms with van der Waals surface area (Å²) in [5.41, 5.74) is -2.20. The standard InChI is InChI=1S/C9H8BrF2NO3/c1-2-16-9(15)6-4(14)3-5(10)13-7(6)8(11)12/h3,8H,2H2,1H3,(H,13,14). The number of carbonyl (C=O) groups is 1. The predicted octanol–water partition coefficient (Wildman–Crippen LogP) is 2.25. The van der Waals surface area contributed by atoms with Gasteiger partial charge in [-0.15, -0.1) is 0 Å². The summed E-state index contributed by atoms with van der Waals surface area (Å²) in [5.74, 6) is -1.05. The van der Waals surface area contributed by atoms with E-state index in [2.05, 4.69) is 25.7 Å². The lowest BCUT2D eigenvalue weighted by atomic mass is 10.2. The molecule has 1 heterocycles. The molecule has 1 aromatic heterocycles. The number of carbonyl (C=O) groups excluding carboxylic acids is 1. The molecule has 0 spiro atoms. The number of alkyl halides is 2. The molecule has 4 nitrogen and oxygen atoms in total. The number of rotatable bonds is 3. The second-order valence-corrected chi connectivity index (χ2v) is 3.65. The number of halogens is 3. The molecule has 0 radical (unpaired) electrons. The molecular weight excluding hydrogens is 288 g/mol. The third kappa shape index (κ3) is 2.66. The topological polar surface area (TPSA) is 59.2 Å². The first-order valence-electron chi connectivity index (χ1n) is 4.35. The summed E-state index contributed by atoms with van der Waals surface area (Å²) in [6, 6.07) is 0.998. The molecule has 16 heavy (non-hydrogen) atoms. The van der Waals surface area contributed by atoms with Gasteiger partial charge < -0.3 is 9.72 Å². The third-order valence-corrected chi connectivity index (χ3v) is 2.15. The number of aromatic amines is 1. The molecule has 0 aliphatic carbocycles. The van der Waals surface area contributed by atoms with Crippen LogP contribution in [0.25, 0.3) is 0 Å². The van der Waals surface area contributed by atoms with E-state index in [9.17, 15) is 18.4 Å². The quantitative estimate of drug-likeness (QED) is 0.687. The lowest BCUT2D eigenvalue weighted by Crippen LogP contribution is -2.21. The van der Waals surface area contributed by atoms with E-state index in [1.165, 1.54) is 6.92 Å². The number of nitrogens with one attached hydrogen (secondary N) is 1. The average Bonchev–Trinajstić information content (AvgIpc) is 2.16. The highest BCUT2D eigenvalue weighted by Gasteiger charge is 2.23. The van der Waals surface area contributed by atoms with Crippen LogP contribution in [0.4, 0.5) is 8.78 Å². The fourth-order valence-electron chi connectivity index (χ4n) is 1.12. The second kappa shape index (κ2) is 5.20. The molecule has 0 amide bonds. The van der Waals surface area contributed by atoms with Crippen LogP contribution in [0, 0.1) is 0 Å². The van der Waals surface area contributed by atoms with Gasteiger partial charge in [-0.25, -0.2) is 13.6 Å². The summed E-state index contributed by atoms with van der Waals surface area (Å²) in [6.45, 7) is 1.53. The Hall–Kier alpha value is -1.24. The lowest BCUT2D eigenvalue weighted by Gasteiger charge is -2.07. The van der Waals surface area contributed by atoms with Crippen LogP contribution >= 0.6 is 15.9 Å². The highest BCUT2D eigenvalue weighted by molar-refractivity contribution is 9.10. The van der Waals surface area contributed by atoms with E-state index in [1.54, 1.807) is 0 Å². The van der Waals surface area contributed by atoms with E-state index >= 15 is 0 Å². The van der Waals surface area contributed by atoms with Gasteiger partial charge in [0, 0.05) is 6.07 Å². The number of esters is 1. The number of hydrogen-bond donors (Lipinski definition) is 1. The van der Waals surface area contributed by atoms with Crippen LogP contribution in [-0.4, -0.2) is 17.6 Å². The van der Waals surface area contributed by atoms with Crippen molar-refractivity contribution in [1.82, 2.24) is 4.98 Å². The Balaban J connectivity index is 3.35. The fraction of sp³-hybridized carbons (Fsp3) is 0.333. The zero-order valence-electron chi connectivity index (χ0n) is 8.22. The molecule has 0 unspecified atom stereocenters. The van der Waals surface area contributed by atoms with Gasteiger partial charge in [-0.2, -0.15) is 0 Å². The van der Waals surface area contributed by atoms with E-state index < -0.39 is 29.1 Å². The smallest absolute Gasteiger partial charge is 0.344 e. The molecule has 1 N–H and O–H groups in total. The summed E-state index contributed by atoms with van der Waals surface area (Å²) < 4.78 is 29.8. The van der Waals surface area contributed by atoms with Crippen molar-refractivity contribution in [2.24, 2.45) is 0 Å². The van der Waals surface area contributed by atoms with Gasteiger partial charge in [0.25, 0.3) is 6.43 Å². The first-order valence-corrected chi connectivity index (χ1v) is 5.14. The van der Waals surface area contributed by atoms with Crippen LogP contribution in [-0.2, 0) is 4.74 Å². The van der Waals surface area contributed by atoms with Crippen molar-refractivity contribution in [3.8, 4) is 0 Å². The van der Waals surface area contributed by atoms with E-state index in [4.69, 9.17) is 0 Å². The van der Waals surface area contributed by atoms with Crippen LogP contribution < -0.4 is 5.43 Å². The number of ether oxygens (including phenoxy) is 1. The second-order valence-electron chi connectivity index (χ2n) is 2.79. The first-order chi connectivity index (χ1) is 7.47. The minimum atomic E-state index is -2.95. The highest BCUT2D eigenvalue weighted by Crippen LogP contribution is 2.21. The maximum Gasteiger partial charge on any atom is 0.344 e. The Kier molecular flexibility index (Phi) is 4.17. The zero-order chi connectivity index (χ0) is 12.3. The fourth-order valence-corrected chi connectivity index (χ4v) is 1.55. The van der Waals surface area contributed by atoms with E-state index in [-0.39, 0.29) is 11.2 Å². The first kappa shape index (κ1) is 12.8. The minimum Gasteiger partial charge on any atom is -0.462 e. The summed E-state index contributed by atoms with van der Waals surface area (Å²) in [5, 5.41) is 0. The molecule has 0 saturated heterocycles. The van der Waals surface area contributed by atoms with Gasteiger partial charge in [0.1, 0.15) is 11.3 Å². The number of hydrogen-bond acceptors (Lipinski definition) is 3. The zero-order valence-corrected chi connectivity index (χ0v) is 9.81. The number of aromatic nitrogens is 1. The molecule has 0 saturated carbocycles. The van der Waals surface area contributed by atoms with Gasteiger partial charge in [-0.1, -0.05) is 0 Å². The van der Waals surface area contributed by atoms with Crippen molar-refractivity contribution in [1.29, 1.82) is 0 Å². The number of H-pyrrole nitrogens is 1. The summed E-state index contributed by atoms with van der Waals surface area (Å²) in [7, 11) is 0. The Morgan fingerprint density at radius 1 is 1.62 bits per heavy atom.